The van der Waals surface area contributed by atoms with Crippen LogP contribution in [0, 0.1) is 5.92 Å². The molecule has 3 rings (SSSR count). The van der Waals surface area contributed by atoms with E-state index in [1.807, 2.05) is 0 Å². The van der Waals surface area contributed by atoms with Crippen molar-refractivity contribution < 1.29 is 31.1 Å². The first-order chi connectivity index (χ1) is 14.5. The SMILES string of the molecule is O=C(Nc1ccc(OC(F)(F)F)cc1)C1CCN(S(=O)(=O)Cc2cccc(Cl)c2)CC1. The van der Waals surface area contributed by atoms with Crippen molar-refractivity contribution in [2.45, 2.75) is 25.0 Å². The Kier molecular flexibility index (Phi) is 7.13. The molecule has 31 heavy (non-hydrogen) atoms. The normalized spacial score (nSPS) is 16.1. The Morgan fingerprint density at radius 3 is 2.35 bits per heavy atom. The summed E-state index contributed by atoms with van der Waals surface area (Å²) >= 11 is 5.91. The van der Waals surface area contributed by atoms with Crippen LogP contribution < -0.4 is 10.1 Å². The number of benzene rings is 2. The van der Waals surface area contributed by atoms with Gasteiger partial charge in [-0.2, -0.15) is 0 Å². The van der Waals surface area contributed by atoms with Crippen LogP contribution >= 0.6 is 11.6 Å². The fourth-order valence-electron chi connectivity index (χ4n) is 3.31. The van der Waals surface area contributed by atoms with Crippen molar-refractivity contribution in [1.29, 1.82) is 0 Å². The van der Waals surface area contributed by atoms with Crippen LogP contribution in [-0.4, -0.2) is 38.1 Å². The largest absolute Gasteiger partial charge is 0.573 e. The minimum absolute atomic E-state index is 0.170. The predicted octanol–water partition coefficient (Wildman–Crippen LogP) is 4.42. The smallest absolute Gasteiger partial charge is 0.406 e. The maximum Gasteiger partial charge on any atom is 0.573 e. The van der Waals surface area contributed by atoms with E-state index < -0.39 is 22.3 Å². The zero-order chi connectivity index (χ0) is 22.6. The predicted molar refractivity (Wildman–Crippen MR) is 110 cm³/mol. The van der Waals surface area contributed by atoms with Crippen LogP contribution in [0.2, 0.25) is 5.02 Å². The van der Waals surface area contributed by atoms with Gasteiger partial charge in [-0.05, 0) is 54.8 Å². The van der Waals surface area contributed by atoms with Crippen molar-refractivity contribution in [2.75, 3.05) is 18.4 Å². The number of hydrogen-bond donors (Lipinski definition) is 1. The summed E-state index contributed by atoms with van der Waals surface area (Å²) in [6, 6.07) is 11.5. The summed E-state index contributed by atoms with van der Waals surface area (Å²) in [7, 11) is -3.54. The first-order valence-corrected chi connectivity index (χ1v) is 11.4. The molecule has 2 aromatic rings. The Balaban J connectivity index is 1.52. The summed E-state index contributed by atoms with van der Waals surface area (Å²) in [5, 5.41) is 3.10. The monoisotopic (exact) mass is 476 g/mol. The van der Waals surface area contributed by atoms with Crippen LogP contribution in [0.4, 0.5) is 18.9 Å². The van der Waals surface area contributed by atoms with Gasteiger partial charge in [0, 0.05) is 29.7 Å². The van der Waals surface area contributed by atoms with Crippen molar-refractivity contribution in [3.8, 4) is 5.75 Å². The molecule has 1 aliphatic heterocycles. The van der Waals surface area contributed by atoms with Crippen LogP contribution in [0.15, 0.2) is 48.5 Å². The number of sulfonamides is 1. The standard InChI is InChI=1S/C20H20ClF3N2O4S/c21-16-3-1-2-14(12-16)13-31(28,29)26-10-8-15(9-11-26)19(27)25-17-4-6-18(7-5-17)30-20(22,23)24/h1-7,12,15H,8-11,13H2,(H,25,27). The first-order valence-electron chi connectivity index (χ1n) is 9.41. The maximum atomic E-state index is 12.7. The van der Waals surface area contributed by atoms with E-state index >= 15 is 0 Å². The number of ether oxygens (including phenoxy) is 1. The van der Waals surface area contributed by atoms with Crippen molar-refractivity contribution in [3.63, 3.8) is 0 Å². The number of anilines is 1. The second-order valence-electron chi connectivity index (χ2n) is 7.12. The number of halogens is 4. The van der Waals surface area contributed by atoms with E-state index in [2.05, 4.69) is 10.1 Å². The number of piperidine rings is 1. The van der Waals surface area contributed by atoms with E-state index in [0.29, 0.717) is 29.1 Å². The van der Waals surface area contributed by atoms with Gasteiger partial charge in [0.25, 0.3) is 0 Å². The average molecular weight is 477 g/mol. The lowest BCUT2D eigenvalue weighted by atomic mass is 9.97. The average Bonchev–Trinajstić information content (AvgIpc) is 2.68. The Labute approximate surface area is 183 Å². The number of amides is 1. The summed E-state index contributed by atoms with van der Waals surface area (Å²) in [4.78, 5) is 12.5. The highest BCUT2D eigenvalue weighted by Crippen LogP contribution is 2.26. The van der Waals surface area contributed by atoms with Crippen molar-refractivity contribution in [1.82, 2.24) is 4.31 Å². The quantitative estimate of drug-likeness (QED) is 0.669. The van der Waals surface area contributed by atoms with E-state index in [0.717, 1.165) is 12.1 Å². The molecule has 1 heterocycles. The minimum atomic E-state index is -4.79. The molecular weight excluding hydrogens is 457 g/mol. The van der Waals surface area contributed by atoms with E-state index in [-0.39, 0.29) is 30.5 Å². The van der Waals surface area contributed by atoms with E-state index in [4.69, 9.17) is 11.6 Å². The van der Waals surface area contributed by atoms with Gasteiger partial charge in [-0.3, -0.25) is 4.79 Å². The van der Waals surface area contributed by atoms with Crippen LogP contribution in [0.5, 0.6) is 5.75 Å². The van der Waals surface area contributed by atoms with Crippen LogP contribution in [-0.2, 0) is 20.6 Å². The van der Waals surface area contributed by atoms with Crippen LogP contribution in [0.3, 0.4) is 0 Å². The van der Waals surface area contributed by atoms with E-state index in [9.17, 15) is 26.4 Å². The van der Waals surface area contributed by atoms with Crippen LogP contribution in [0.1, 0.15) is 18.4 Å². The van der Waals surface area contributed by atoms with Gasteiger partial charge in [0.1, 0.15) is 5.75 Å². The Bertz CT molecular complexity index is 1020. The molecule has 0 aromatic heterocycles. The minimum Gasteiger partial charge on any atom is -0.406 e. The highest BCUT2D eigenvalue weighted by atomic mass is 35.5. The Hall–Kier alpha value is -2.30. The van der Waals surface area contributed by atoms with Gasteiger partial charge in [-0.25, -0.2) is 12.7 Å². The zero-order valence-corrected chi connectivity index (χ0v) is 17.8. The molecule has 1 amide bonds. The van der Waals surface area contributed by atoms with Gasteiger partial charge < -0.3 is 10.1 Å². The molecule has 1 N–H and O–H groups in total. The fraction of sp³-hybridized carbons (Fsp3) is 0.350. The summed E-state index contributed by atoms with van der Waals surface area (Å²) in [6.45, 7) is 0.415. The van der Waals surface area contributed by atoms with Gasteiger partial charge in [-0.1, -0.05) is 23.7 Å². The molecule has 2 aromatic carbocycles. The van der Waals surface area contributed by atoms with Crippen molar-refractivity contribution in [3.05, 3.63) is 59.1 Å². The Morgan fingerprint density at radius 1 is 1.13 bits per heavy atom. The van der Waals surface area contributed by atoms with Gasteiger partial charge in [0.2, 0.25) is 15.9 Å². The lowest BCUT2D eigenvalue weighted by molar-refractivity contribution is -0.274. The third kappa shape index (κ3) is 6.84. The van der Waals surface area contributed by atoms with Crippen molar-refractivity contribution in [2.24, 2.45) is 5.92 Å². The second-order valence-corrected chi connectivity index (χ2v) is 9.53. The highest BCUT2D eigenvalue weighted by molar-refractivity contribution is 7.88. The number of nitrogens with zero attached hydrogens (tertiary/aromatic N) is 1. The molecule has 11 heteroatoms. The lowest BCUT2D eigenvalue weighted by Gasteiger charge is -2.30. The molecule has 0 radical (unpaired) electrons. The number of alkyl halides is 3. The van der Waals surface area contributed by atoms with Crippen molar-refractivity contribution >= 4 is 33.2 Å². The number of carbonyl (C=O) groups is 1. The highest BCUT2D eigenvalue weighted by Gasteiger charge is 2.32. The fourth-order valence-corrected chi connectivity index (χ4v) is 5.07. The molecular formula is C20H20ClF3N2O4S. The molecule has 168 valence electrons. The first kappa shape index (κ1) is 23.4. The molecule has 0 bridgehead atoms. The lowest BCUT2D eigenvalue weighted by Crippen LogP contribution is -2.41. The topological polar surface area (TPSA) is 75.7 Å². The number of nitrogens with one attached hydrogen (secondary N) is 1. The van der Waals surface area contributed by atoms with Gasteiger partial charge in [0.15, 0.2) is 0 Å². The number of carbonyl (C=O) groups excluding carboxylic acids is 1. The van der Waals surface area contributed by atoms with Crippen LogP contribution in [0.25, 0.3) is 0 Å². The summed E-state index contributed by atoms with van der Waals surface area (Å²) in [6.07, 6.45) is -4.10. The number of hydrogen-bond acceptors (Lipinski definition) is 4. The molecule has 0 aliphatic carbocycles. The summed E-state index contributed by atoms with van der Waals surface area (Å²) in [5.74, 6) is -1.26. The van der Waals surface area contributed by atoms with Gasteiger partial charge in [0.05, 0.1) is 5.75 Å². The Morgan fingerprint density at radius 2 is 1.77 bits per heavy atom. The number of rotatable bonds is 6. The summed E-state index contributed by atoms with van der Waals surface area (Å²) in [5.41, 5.74) is 0.917. The molecule has 1 fully saturated rings. The zero-order valence-electron chi connectivity index (χ0n) is 16.2. The molecule has 0 unspecified atom stereocenters. The third-order valence-electron chi connectivity index (χ3n) is 4.81. The molecule has 6 nitrogen and oxygen atoms in total. The molecule has 1 aliphatic rings. The summed E-state index contributed by atoms with van der Waals surface area (Å²) < 4.78 is 67.1. The van der Waals surface area contributed by atoms with E-state index in [1.165, 1.54) is 16.4 Å². The van der Waals surface area contributed by atoms with E-state index in [1.54, 1.807) is 24.3 Å². The maximum absolute atomic E-state index is 12.7. The molecule has 0 atom stereocenters. The molecule has 0 saturated carbocycles. The second kappa shape index (κ2) is 9.46. The molecule has 1 saturated heterocycles. The van der Waals surface area contributed by atoms with Gasteiger partial charge in [-0.15, -0.1) is 13.2 Å². The third-order valence-corrected chi connectivity index (χ3v) is 6.90. The molecule has 0 spiro atoms. The van der Waals surface area contributed by atoms with Gasteiger partial charge >= 0.3 is 6.36 Å².